The van der Waals surface area contributed by atoms with Crippen LogP contribution in [0.3, 0.4) is 0 Å². The fourth-order valence-corrected chi connectivity index (χ4v) is 2.51. The smallest absolute Gasteiger partial charge is 0.313 e. The van der Waals surface area contributed by atoms with Crippen LogP contribution in [-0.4, -0.2) is 28.6 Å². The van der Waals surface area contributed by atoms with Crippen molar-refractivity contribution < 1.29 is 19.4 Å². The largest absolute Gasteiger partial charge is 0.481 e. The molecule has 0 saturated carbocycles. The van der Waals surface area contributed by atoms with Gasteiger partial charge in [0, 0.05) is 11.6 Å². The highest BCUT2D eigenvalue weighted by molar-refractivity contribution is 8.00. The molecule has 0 unspecified atom stereocenters. The number of pyridine rings is 1. The average molecular weight is 263 g/mol. The first-order valence-electron chi connectivity index (χ1n) is 5.27. The highest BCUT2D eigenvalue weighted by atomic mass is 32.2. The number of rotatable bonds is 3. The zero-order valence-electron chi connectivity index (χ0n) is 9.25. The number of hydrogen-bond acceptors (Lipinski definition) is 5. The molecule has 5 nitrogen and oxygen atoms in total. The summed E-state index contributed by atoms with van der Waals surface area (Å²) in [5.74, 6) is 0.510. The maximum Gasteiger partial charge on any atom is 0.313 e. The molecule has 0 fully saturated rings. The topological polar surface area (TPSA) is 68.7 Å². The zero-order valence-corrected chi connectivity index (χ0v) is 10.1. The van der Waals surface area contributed by atoms with E-state index in [1.165, 1.54) is 11.8 Å². The van der Waals surface area contributed by atoms with Crippen molar-refractivity contribution in [3.8, 4) is 11.5 Å². The van der Waals surface area contributed by atoms with Gasteiger partial charge in [0.05, 0.1) is 5.75 Å². The average Bonchev–Trinajstić information content (AvgIpc) is 2.80. The van der Waals surface area contributed by atoms with Crippen LogP contribution in [0.1, 0.15) is 0 Å². The van der Waals surface area contributed by atoms with Gasteiger partial charge in [0.1, 0.15) is 5.03 Å². The molecule has 1 aromatic carbocycles. The van der Waals surface area contributed by atoms with Gasteiger partial charge in [0.2, 0.25) is 6.79 Å². The summed E-state index contributed by atoms with van der Waals surface area (Å²) in [5, 5.41) is 11.2. The number of carbonyl (C=O) groups is 1. The van der Waals surface area contributed by atoms with E-state index in [1.54, 1.807) is 6.20 Å². The quantitative estimate of drug-likeness (QED) is 0.856. The highest BCUT2D eigenvalue weighted by Gasteiger charge is 2.16. The lowest BCUT2D eigenvalue weighted by Gasteiger charge is -2.05. The van der Waals surface area contributed by atoms with Crippen LogP contribution >= 0.6 is 11.8 Å². The number of carboxylic acids is 1. The Balaban J connectivity index is 2.06. The fourth-order valence-electron chi connectivity index (χ4n) is 1.78. The standard InChI is InChI=1S/C12H9NO4S/c14-11(15)5-18-12-8-4-10-9(16-6-17-10)3-7(8)1-2-13-12/h1-4H,5-6H2,(H,14,15). The van der Waals surface area contributed by atoms with Gasteiger partial charge in [-0.3, -0.25) is 4.79 Å². The maximum atomic E-state index is 10.6. The van der Waals surface area contributed by atoms with Crippen molar-refractivity contribution in [3.63, 3.8) is 0 Å². The number of benzene rings is 1. The van der Waals surface area contributed by atoms with Crippen molar-refractivity contribution >= 4 is 28.5 Å². The monoisotopic (exact) mass is 263 g/mol. The minimum Gasteiger partial charge on any atom is -0.481 e. The Kier molecular flexibility index (Phi) is 2.71. The lowest BCUT2D eigenvalue weighted by molar-refractivity contribution is -0.133. The zero-order chi connectivity index (χ0) is 12.5. The molecular formula is C12H9NO4S. The van der Waals surface area contributed by atoms with E-state index in [2.05, 4.69) is 4.98 Å². The second-order valence-corrected chi connectivity index (χ2v) is 4.69. The molecular weight excluding hydrogens is 254 g/mol. The molecule has 6 heteroatoms. The summed E-state index contributed by atoms with van der Waals surface area (Å²) in [5.41, 5.74) is 0. The molecule has 0 atom stereocenters. The molecule has 0 spiro atoms. The lowest BCUT2D eigenvalue weighted by Crippen LogP contribution is -1.98. The van der Waals surface area contributed by atoms with Crippen LogP contribution in [-0.2, 0) is 4.79 Å². The van der Waals surface area contributed by atoms with Gasteiger partial charge < -0.3 is 14.6 Å². The van der Waals surface area contributed by atoms with Gasteiger partial charge in [-0.1, -0.05) is 11.8 Å². The summed E-state index contributed by atoms with van der Waals surface area (Å²) in [6, 6.07) is 5.58. The molecule has 0 bridgehead atoms. The van der Waals surface area contributed by atoms with E-state index in [0.717, 1.165) is 10.8 Å². The number of nitrogens with zero attached hydrogens (tertiary/aromatic N) is 1. The van der Waals surface area contributed by atoms with Crippen molar-refractivity contribution in [2.45, 2.75) is 5.03 Å². The second kappa shape index (κ2) is 4.38. The summed E-state index contributed by atoms with van der Waals surface area (Å²) in [6.07, 6.45) is 1.66. The number of aliphatic carboxylic acids is 1. The van der Waals surface area contributed by atoms with Crippen LogP contribution in [0.25, 0.3) is 10.8 Å². The van der Waals surface area contributed by atoms with Crippen LogP contribution in [0.15, 0.2) is 29.4 Å². The van der Waals surface area contributed by atoms with E-state index in [9.17, 15) is 4.79 Å². The Morgan fingerprint density at radius 2 is 2.17 bits per heavy atom. The third-order valence-electron chi connectivity index (χ3n) is 2.55. The Morgan fingerprint density at radius 3 is 2.94 bits per heavy atom. The van der Waals surface area contributed by atoms with Crippen molar-refractivity contribution in [1.29, 1.82) is 0 Å². The van der Waals surface area contributed by atoms with Crippen LogP contribution in [0.5, 0.6) is 11.5 Å². The van der Waals surface area contributed by atoms with Crippen LogP contribution < -0.4 is 9.47 Å². The Hall–Kier alpha value is -1.95. The van der Waals surface area contributed by atoms with Gasteiger partial charge in [-0.2, -0.15) is 0 Å². The van der Waals surface area contributed by atoms with E-state index in [-0.39, 0.29) is 12.5 Å². The fraction of sp³-hybridized carbons (Fsp3) is 0.167. The van der Waals surface area contributed by atoms with E-state index < -0.39 is 5.97 Å². The molecule has 0 radical (unpaired) electrons. The molecule has 1 N–H and O–H groups in total. The Morgan fingerprint density at radius 1 is 1.39 bits per heavy atom. The van der Waals surface area contributed by atoms with Crippen LogP contribution in [0, 0.1) is 0 Å². The predicted octanol–water partition coefficient (Wildman–Crippen LogP) is 2.14. The third kappa shape index (κ3) is 1.95. The van der Waals surface area contributed by atoms with Gasteiger partial charge >= 0.3 is 5.97 Å². The normalized spacial score (nSPS) is 12.9. The van der Waals surface area contributed by atoms with E-state index in [4.69, 9.17) is 14.6 Å². The molecule has 0 saturated heterocycles. The number of thioether (sulfide) groups is 1. The summed E-state index contributed by atoms with van der Waals surface area (Å²) < 4.78 is 10.6. The Bertz CT molecular complexity index is 629. The molecule has 2 heterocycles. The number of aromatic nitrogens is 1. The first kappa shape index (κ1) is 11.2. The number of fused-ring (bicyclic) bond motifs is 2. The minimum atomic E-state index is -0.862. The maximum absolute atomic E-state index is 10.6. The summed E-state index contributed by atoms with van der Waals surface area (Å²) >= 11 is 1.20. The van der Waals surface area contributed by atoms with Gasteiger partial charge in [-0.05, 0) is 23.6 Å². The Labute approximate surface area is 107 Å². The molecule has 18 heavy (non-hydrogen) atoms. The molecule has 1 aliphatic rings. The molecule has 1 aliphatic heterocycles. The minimum absolute atomic E-state index is 0.0133. The molecule has 0 aliphatic carbocycles. The van der Waals surface area contributed by atoms with Crippen LogP contribution in [0.2, 0.25) is 0 Å². The van der Waals surface area contributed by atoms with Gasteiger partial charge in [-0.25, -0.2) is 4.98 Å². The van der Waals surface area contributed by atoms with Gasteiger partial charge in [0.25, 0.3) is 0 Å². The lowest BCUT2D eigenvalue weighted by atomic mass is 10.1. The highest BCUT2D eigenvalue weighted by Crippen LogP contribution is 2.38. The molecule has 1 aromatic heterocycles. The van der Waals surface area contributed by atoms with E-state index >= 15 is 0 Å². The van der Waals surface area contributed by atoms with Gasteiger partial charge in [0.15, 0.2) is 11.5 Å². The summed E-state index contributed by atoms with van der Waals surface area (Å²) in [6.45, 7) is 0.219. The third-order valence-corrected chi connectivity index (χ3v) is 3.54. The predicted molar refractivity (Wildman–Crippen MR) is 66.2 cm³/mol. The number of ether oxygens (including phenoxy) is 2. The SMILES string of the molecule is O=C(O)CSc1nccc2cc3c(cc12)OCO3. The first-order chi connectivity index (χ1) is 8.74. The molecule has 2 aromatic rings. The van der Waals surface area contributed by atoms with Crippen molar-refractivity contribution in [2.24, 2.45) is 0 Å². The molecule has 92 valence electrons. The summed E-state index contributed by atoms with van der Waals surface area (Å²) in [7, 11) is 0. The van der Waals surface area contributed by atoms with Crippen LogP contribution in [0.4, 0.5) is 0 Å². The first-order valence-corrected chi connectivity index (χ1v) is 6.25. The number of hydrogen-bond donors (Lipinski definition) is 1. The van der Waals surface area contributed by atoms with Crippen molar-refractivity contribution in [3.05, 3.63) is 24.4 Å². The van der Waals surface area contributed by atoms with Crippen molar-refractivity contribution in [2.75, 3.05) is 12.5 Å². The second-order valence-electron chi connectivity index (χ2n) is 3.73. The van der Waals surface area contributed by atoms with E-state index in [1.807, 2.05) is 18.2 Å². The summed E-state index contributed by atoms with van der Waals surface area (Å²) in [4.78, 5) is 14.8. The van der Waals surface area contributed by atoms with E-state index in [0.29, 0.717) is 16.5 Å². The molecule has 3 rings (SSSR count). The molecule has 0 amide bonds. The number of carboxylic acid groups (broad SMARTS) is 1. The van der Waals surface area contributed by atoms with Crippen molar-refractivity contribution in [1.82, 2.24) is 4.98 Å². The van der Waals surface area contributed by atoms with Gasteiger partial charge in [-0.15, -0.1) is 0 Å².